The monoisotopic (exact) mass is 182 g/mol. The lowest BCUT2D eigenvalue weighted by Gasteiger charge is -2.33. The molecule has 0 aromatic carbocycles. The standard InChI is InChI=1S/C11H22N2/c1-4-8-13-9-5-7-12-11(2,3)6-10-13/h4,12H,1,5-10H2,2-3H3. The summed E-state index contributed by atoms with van der Waals surface area (Å²) in [5.74, 6) is 0. The fourth-order valence-electron chi connectivity index (χ4n) is 1.73. The van der Waals surface area contributed by atoms with Gasteiger partial charge >= 0.3 is 0 Å². The predicted octanol–water partition coefficient (Wildman–Crippen LogP) is 1.64. The lowest BCUT2D eigenvalue weighted by molar-refractivity contribution is 0.220. The summed E-state index contributed by atoms with van der Waals surface area (Å²) in [6.07, 6.45) is 4.47. The van der Waals surface area contributed by atoms with Gasteiger partial charge in [-0.1, -0.05) is 6.08 Å². The first-order valence-electron chi connectivity index (χ1n) is 5.22. The smallest absolute Gasteiger partial charge is 0.0160 e. The molecule has 76 valence electrons. The predicted molar refractivity (Wildman–Crippen MR) is 58.0 cm³/mol. The van der Waals surface area contributed by atoms with Gasteiger partial charge in [0.2, 0.25) is 0 Å². The average molecular weight is 182 g/mol. The molecule has 0 amide bonds. The molecule has 1 N–H and O–H groups in total. The third-order valence-corrected chi connectivity index (χ3v) is 2.70. The van der Waals surface area contributed by atoms with E-state index >= 15 is 0 Å². The molecule has 1 aliphatic heterocycles. The van der Waals surface area contributed by atoms with Crippen molar-refractivity contribution in [1.29, 1.82) is 0 Å². The molecule has 0 aromatic rings. The van der Waals surface area contributed by atoms with Gasteiger partial charge < -0.3 is 5.32 Å². The molecule has 0 radical (unpaired) electrons. The Morgan fingerprint density at radius 1 is 1.46 bits per heavy atom. The first-order chi connectivity index (χ1) is 6.14. The summed E-state index contributed by atoms with van der Waals surface area (Å²) >= 11 is 0. The minimum Gasteiger partial charge on any atom is -0.312 e. The van der Waals surface area contributed by atoms with E-state index < -0.39 is 0 Å². The van der Waals surface area contributed by atoms with Gasteiger partial charge in [-0.25, -0.2) is 0 Å². The zero-order chi connectivity index (χ0) is 9.73. The summed E-state index contributed by atoms with van der Waals surface area (Å²) in [4.78, 5) is 2.48. The quantitative estimate of drug-likeness (QED) is 0.653. The van der Waals surface area contributed by atoms with E-state index in [-0.39, 0.29) is 0 Å². The molecule has 1 saturated heterocycles. The molecule has 0 aliphatic carbocycles. The SMILES string of the molecule is C=CCN1CCCNC(C)(C)CC1. The van der Waals surface area contributed by atoms with Gasteiger partial charge in [-0.3, -0.25) is 4.90 Å². The minimum absolute atomic E-state index is 0.305. The molecule has 2 nitrogen and oxygen atoms in total. The summed E-state index contributed by atoms with van der Waals surface area (Å²) in [6, 6.07) is 0. The molecule has 0 spiro atoms. The van der Waals surface area contributed by atoms with E-state index in [0.29, 0.717) is 5.54 Å². The highest BCUT2D eigenvalue weighted by Gasteiger charge is 2.19. The van der Waals surface area contributed by atoms with Crippen molar-refractivity contribution in [3.05, 3.63) is 12.7 Å². The molecular formula is C11H22N2. The highest BCUT2D eigenvalue weighted by Crippen LogP contribution is 2.12. The second kappa shape index (κ2) is 4.77. The summed E-state index contributed by atoms with van der Waals surface area (Å²) in [5.41, 5.74) is 0.305. The van der Waals surface area contributed by atoms with Crippen molar-refractivity contribution >= 4 is 0 Å². The summed E-state index contributed by atoms with van der Waals surface area (Å²) in [7, 11) is 0. The Kier molecular flexibility index (Phi) is 3.94. The number of hydrogen-bond acceptors (Lipinski definition) is 2. The Balaban J connectivity index is 2.40. The molecule has 13 heavy (non-hydrogen) atoms. The van der Waals surface area contributed by atoms with E-state index in [2.05, 4.69) is 30.6 Å². The van der Waals surface area contributed by atoms with Crippen molar-refractivity contribution in [2.24, 2.45) is 0 Å². The Bertz CT molecular complexity index is 163. The first-order valence-corrected chi connectivity index (χ1v) is 5.22. The fourth-order valence-corrected chi connectivity index (χ4v) is 1.73. The van der Waals surface area contributed by atoms with Crippen LogP contribution < -0.4 is 5.32 Å². The maximum absolute atomic E-state index is 3.79. The molecule has 0 aromatic heterocycles. The molecule has 0 atom stereocenters. The van der Waals surface area contributed by atoms with E-state index in [1.807, 2.05) is 6.08 Å². The summed E-state index contributed by atoms with van der Waals surface area (Å²) < 4.78 is 0. The Morgan fingerprint density at radius 2 is 2.23 bits per heavy atom. The number of nitrogens with one attached hydrogen (secondary N) is 1. The van der Waals surface area contributed by atoms with Gasteiger partial charge in [-0.15, -0.1) is 6.58 Å². The van der Waals surface area contributed by atoms with Crippen molar-refractivity contribution in [2.75, 3.05) is 26.2 Å². The van der Waals surface area contributed by atoms with Crippen LogP contribution in [-0.4, -0.2) is 36.6 Å². The number of rotatable bonds is 2. The molecule has 0 bridgehead atoms. The largest absolute Gasteiger partial charge is 0.312 e. The van der Waals surface area contributed by atoms with Crippen LogP contribution in [-0.2, 0) is 0 Å². The molecule has 1 heterocycles. The van der Waals surface area contributed by atoms with E-state index in [4.69, 9.17) is 0 Å². The lowest BCUT2D eigenvalue weighted by atomic mass is 9.99. The first kappa shape index (κ1) is 10.7. The normalized spacial score (nSPS) is 24.8. The molecule has 1 rings (SSSR count). The lowest BCUT2D eigenvalue weighted by Crippen LogP contribution is -2.46. The van der Waals surface area contributed by atoms with Crippen molar-refractivity contribution < 1.29 is 0 Å². The molecule has 0 saturated carbocycles. The third-order valence-electron chi connectivity index (χ3n) is 2.70. The molecular weight excluding hydrogens is 160 g/mol. The average Bonchev–Trinajstić information content (AvgIpc) is 2.05. The minimum atomic E-state index is 0.305. The number of hydrogen-bond donors (Lipinski definition) is 1. The van der Waals surface area contributed by atoms with Crippen LogP contribution in [0.4, 0.5) is 0 Å². The van der Waals surface area contributed by atoms with Gasteiger partial charge in [-0.2, -0.15) is 0 Å². The van der Waals surface area contributed by atoms with Gasteiger partial charge in [0.05, 0.1) is 0 Å². The summed E-state index contributed by atoms with van der Waals surface area (Å²) in [6.45, 7) is 12.9. The van der Waals surface area contributed by atoms with E-state index in [9.17, 15) is 0 Å². The molecule has 1 fully saturated rings. The Labute approximate surface area is 82.0 Å². The zero-order valence-corrected chi connectivity index (χ0v) is 8.97. The molecule has 0 unspecified atom stereocenters. The van der Waals surface area contributed by atoms with Crippen molar-refractivity contribution in [1.82, 2.24) is 10.2 Å². The molecule has 1 aliphatic rings. The van der Waals surface area contributed by atoms with Crippen LogP contribution in [0, 0.1) is 0 Å². The zero-order valence-electron chi connectivity index (χ0n) is 8.97. The van der Waals surface area contributed by atoms with E-state index in [0.717, 1.165) is 13.1 Å². The fraction of sp³-hybridized carbons (Fsp3) is 0.818. The van der Waals surface area contributed by atoms with Crippen molar-refractivity contribution in [3.63, 3.8) is 0 Å². The third kappa shape index (κ3) is 3.92. The van der Waals surface area contributed by atoms with Gasteiger partial charge in [-0.05, 0) is 39.8 Å². The van der Waals surface area contributed by atoms with Crippen LogP contribution in [0.5, 0.6) is 0 Å². The van der Waals surface area contributed by atoms with Crippen LogP contribution in [0.25, 0.3) is 0 Å². The van der Waals surface area contributed by atoms with Crippen LogP contribution in [0.1, 0.15) is 26.7 Å². The van der Waals surface area contributed by atoms with E-state index in [1.165, 1.54) is 25.9 Å². The Morgan fingerprint density at radius 3 is 2.92 bits per heavy atom. The maximum atomic E-state index is 3.79. The van der Waals surface area contributed by atoms with Crippen molar-refractivity contribution in [2.45, 2.75) is 32.2 Å². The van der Waals surface area contributed by atoms with Crippen molar-refractivity contribution in [3.8, 4) is 0 Å². The second-order valence-electron chi connectivity index (χ2n) is 4.50. The highest BCUT2D eigenvalue weighted by atomic mass is 15.1. The van der Waals surface area contributed by atoms with Gasteiger partial charge in [0.1, 0.15) is 0 Å². The highest BCUT2D eigenvalue weighted by molar-refractivity contribution is 4.83. The topological polar surface area (TPSA) is 15.3 Å². The van der Waals surface area contributed by atoms with Crippen LogP contribution >= 0.6 is 0 Å². The maximum Gasteiger partial charge on any atom is 0.0160 e. The summed E-state index contributed by atoms with van der Waals surface area (Å²) in [5, 5.41) is 3.57. The van der Waals surface area contributed by atoms with Gasteiger partial charge in [0.25, 0.3) is 0 Å². The van der Waals surface area contributed by atoms with Crippen LogP contribution in [0.15, 0.2) is 12.7 Å². The van der Waals surface area contributed by atoms with Gasteiger partial charge in [0.15, 0.2) is 0 Å². The second-order valence-corrected chi connectivity index (χ2v) is 4.50. The van der Waals surface area contributed by atoms with Gasteiger partial charge in [0, 0.05) is 18.6 Å². The van der Waals surface area contributed by atoms with E-state index in [1.54, 1.807) is 0 Å². The van der Waals surface area contributed by atoms with Crippen LogP contribution in [0.2, 0.25) is 0 Å². The molecule has 2 heteroatoms. The Hall–Kier alpha value is -0.340. The van der Waals surface area contributed by atoms with Crippen LogP contribution in [0.3, 0.4) is 0 Å². The number of nitrogens with zero attached hydrogens (tertiary/aromatic N) is 1.